The Morgan fingerprint density at radius 1 is 1.15 bits per heavy atom. The van der Waals surface area contributed by atoms with E-state index in [4.69, 9.17) is 18.0 Å². The monoisotopic (exact) mass is 349 g/mol. The normalized spacial score (nSPS) is 10.2. The molecule has 104 valence electrons. The van der Waals surface area contributed by atoms with Crippen molar-refractivity contribution in [1.82, 2.24) is 0 Å². The highest BCUT2D eigenvalue weighted by molar-refractivity contribution is 9.10. The molecule has 0 bridgehead atoms. The van der Waals surface area contributed by atoms with Crippen molar-refractivity contribution in [2.75, 3.05) is 24.3 Å². The zero-order valence-corrected chi connectivity index (χ0v) is 13.8. The lowest BCUT2D eigenvalue weighted by Gasteiger charge is -2.14. The van der Waals surface area contributed by atoms with Crippen LogP contribution in [0.2, 0.25) is 0 Å². The molecule has 0 saturated heterocycles. The largest absolute Gasteiger partial charge is 0.389 e. The maximum absolute atomic E-state index is 5.62. The molecule has 2 rings (SSSR count). The summed E-state index contributed by atoms with van der Waals surface area (Å²) in [5.74, 6) is 0. The molecule has 0 amide bonds. The van der Waals surface area contributed by atoms with Gasteiger partial charge in [0, 0.05) is 35.5 Å². The van der Waals surface area contributed by atoms with Crippen LogP contribution in [0.25, 0.3) is 0 Å². The maximum atomic E-state index is 5.62. The molecule has 20 heavy (non-hydrogen) atoms. The van der Waals surface area contributed by atoms with E-state index in [0.29, 0.717) is 4.99 Å². The van der Waals surface area contributed by atoms with Crippen LogP contribution in [0, 0.1) is 0 Å². The highest BCUT2D eigenvalue weighted by Crippen LogP contribution is 2.27. The number of halogens is 1. The third kappa shape index (κ3) is 3.49. The van der Waals surface area contributed by atoms with Crippen LogP contribution in [-0.4, -0.2) is 19.1 Å². The quantitative estimate of drug-likeness (QED) is 0.821. The predicted octanol–water partition coefficient (Wildman–Crippen LogP) is 3.89. The fourth-order valence-corrected chi connectivity index (χ4v) is 2.37. The molecule has 0 fully saturated rings. The van der Waals surface area contributed by atoms with Gasteiger partial charge < -0.3 is 16.0 Å². The van der Waals surface area contributed by atoms with Gasteiger partial charge >= 0.3 is 0 Å². The Labute approximate surface area is 132 Å². The minimum Gasteiger partial charge on any atom is -0.389 e. The lowest BCUT2D eigenvalue weighted by Crippen LogP contribution is -2.09. The number of rotatable bonds is 4. The molecule has 0 aliphatic heterocycles. The van der Waals surface area contributed by atoms with Crippen LogP contribution in [0.15, 0.2) is 46.9 Å². The first-order valence-corrected chi connectivity index (χ1v) is 7.31. The fourth-order valence-electron chi connectivity index (χ4n) is 1.77. The summed E-state index contributed by atoms with van der Waals surface area (Å²) in [6, 6.07) is 14.0. The third-order valence-corrected chi connectivity index (χ3v) is 3.81. The second-order valence-corrected chi connectivity index (χ2v) is 5.92. The maximum Gasteiger partial charge on any atom is 0.104 e. The number of nitrogens with two attached hydrogens (primary N) is 1. The Hall–Kier alpha value is -1.59. The first kappa shape index (κ1) is 14.8. The van der Waals surface area contributed by atoms with E-state index in [1.165, 1.54) is 5.69 Å². The van der Waals surface area contributed by atoms with E-state index in [0.717, 1.165) is 21.4 Å². The summed E-state index contributed by atoms with van der Waals surface area (Å²) < 4.78 is 0.930. The molecule has 0 saturated carbocycles. The van der Waals surface area contributed by atoms with Crippen molar-refractivity contribution in [2.24, 2.45) is 5.73 Å². The Morgan fingerprint density at radius 2 is 1.80 bits per heavy atom. The summed E-state index contributed by atoms with van der Waals surface area (Å²) in [5, 5.41) is 3.35. The van der Waals surface area contributed by atoms with Crippen molar-refractivity contribution in [3.05, 3.63) is 52.5 Å². The Balaban J connectivity index is 2.19. The average Bonchev–Trinajstić information content (AvgIpc) is 2.41. The van der Waals surface area contributed by atoms with Gasteiger partial charge in [-0.2, -0.15) is 0 Å². The van der Waals surface area contributed by atoms with Gasteiger partial charge in [-0.25, -0.2) is 0 Å². The van der Waals surface area contributed by atoms with E-state index in [2.05, 4.69) is 38.3 Å². The van der Waals surface area contributed by atoms with E-state index in [1.54, 1.807) is 0 Å². The number of benzene rings is 2. The van der Waals surface area contributed by atoms with Crippen molar-refractivity contribution in [3.8, 4) is 0 Å². The summed E-state index contributed by atoms with van der Waals surface area (Å²) >= 11 is 8.49. The standard InChI is InChI=1S/C15H16BrN3S/c1-19(2)12-6-4-11(5-7-12)18-14-8-3-10(15(17)20)9-13(14)16/h3-9,18H,1-2H3,(H2,17,20). The minimum atomic E-state index is 0.396. The summed E-state index contributed by atoms with van der Waals surface area (Å²) in [6.45, 7) is 0. The topological polar surface area (TPSA) is 41.3 Å². The van der Waals surface area contributed by atoms with Gasteiger partial charge in [-0.15, -0.1) is 0 Å². The molecule has 5 heteroatoms. The van der Waals surface area contributed by atoms with Crippen LogP contribution in [-0.2, 0) is 0 Å². The molecule has 0 unspecified atom stereocenters. The molecule has 0 heterocycles. The molecule has 2 aromatic rings. The first-order valence-electron chi connectivity index (χ1n) is 6.11. The summed E-state index contributed by atoms with van der Waals surface area (Å²) in [6.07, 6.45) is 0. The van der Waals surface area contributed by atoms with Gasteiger partial charge in [0.05, 0.1) is 5.69 Å². The van der Waals surface area contributed by atoms with Crippen molar-refractivity contribution in [1.29, 1.82) is 0 Å². The molecular weight excluding hydrogens is 334 g/mol. The average molecular weight is 350 g/mol. The minimum absolute atomic E-state index is 0.396. The van der Waals surface area contributed by atoms with Crippen LogP contribution < -0.4 is 16.0 Å². The third-order valence-electron chi connectivity index (χ3n) is 2.92. The predicted molar refractivity (Wildman–Crippen MR) is 94.1 cm³/mol. The molecule has 0 aromatic heterocycles. The van der Waals surface area contributed by atoms with Crippen LogP contribution in [0.4, 0.5) is 17.1 Å². The number of thiocarbonyl (C=S) groups is 1. The first-order chi connectivity index (χ1) is 9.47. The summed E-state index contributed by atoms with van der Waals surface area (Å²) in [4.78, 5) is 2.46. The molecule has 3 nitrogen and oxygen atoms in total. The van der Waals surface area contributed by atoms with E-state index in [-0.39, 0.29) is 0 Å². The molecule has 0 aliphatic carbocycles. The number of nitrogens with one attached hydrogen (secondary N) is 1. The van der Waals surface area contributed by atoms with Gasteiger partial charge in [0.2, 0.25) is 0 Å². The van der Waals surface area contributed by atoms with Gasteiger partial charge in [0.15, 0.2) is 0 Å². The highest BCUT2D eigenvalue weighted by atomic mass is 79.9. The Morgan fingerprint density at radius 3 is 2.30 bits per heavy atom. The van der Waals surface area contributed by atoms with Crippen LogP contribution in [0.5, 0.6) is 0 Å². The molecule has 3 N–H and O–H groups in total. The van der Waals surface area contributed by atoms with Gasteiger partial charge in [-0.1, -0.05) is 12.2 Å². The second kappa shape index (κ2) is 6.24. The van der Waals surface area contributed by atoms with E-state index < -0.39 is 0 Å². The molecule has 0 spiro atoms. The Kier molecular flexibility index (Phi) is 4.62. The van der Waals surface area contributed by atoms with Crippen LogP contribution >= 0.6 is 28.1 Å². The van der Waals surface area contributed by atoms with Crippen molar-refractivity contribution in [2.45, 2.75) is 0 Å². The lowest BCUT2D eigenvalue weighted by molar-refractivity contribution is 1.13. The number of anilines is 3. The number of nitrogens with zero attached hydrogens (tertiary/aromatic N) is 1. The lowest BCUT2D eigenvalue weighted by atomic mass is 10.2. The van der Waals surface area contributed by atoms with Crippen molar-refractivity contribution in [3.63, 3.8) is 0 Å². The molecule has 2 aromatic carbocycles. The van der Waals surface area contributed by atoms with Crippen LogP contribution in [0.1, 0.15) is 5.56 Å². The molecule has 0 radical (unpaired) electrons. The van der Waals surface area contributed by atoms with Crippen molar-refractivity contribution >= 4 is 50.2 Å². The Bertz CT molecular complexity index is 624. The van der Waals surface area contributed by atoms with E-state index in [1.807, 2.05) is 44.4 Å². The van der Waals surface area contributed by atoms with Crippen LogP contribution in [0.3, 0.4) is 0 Å². The fraction of sp³-hybridized carbons (Fsp3) is 0.133. The second-order valence-electron chi connectivity index (χ2n) is 4.63. The zero-order chi connectivity index (χ0) is 14.7. The zero-order valence-electron chi connectivity index (χ0n) is 11.4. The van der Waals surface area contributed by atoms with Gasteiger partial charge in [-0.3, -0.25) is 0 Å². The molecule has 0 atom stereocenters. The SMILES string of the molecule is CN(C)c1ccc(Nc2ccc(C(N)=S)cc2Br)cc1. The van der Waals surface area contributed by atoms with E-state index in [9.17, 15) is 0 Å². The van der Waals surface area contributed by atoms with Gasteiger partial charge in [0.25, 0.3) is 0 Å². The molecular formula is C15H16BrN3S. The smallest absolute Gasteiger partial charge is 0.104 e. The van der Waals surface area contributed by atoms with Gasteiger partial charge in [-0.05, 0) is 58.4 Å². The molecule has 0 aliphatic rings. The summed E-state index contributed by atoms with van der Waals surface area (Å²) in [5.41, 5.74) is 9.63. The highest BCUT2D eigenvalue weighted by Gasteiger charge is 2.04. The van der Waals surface area contributed by atoms with Crippen molar-refractivity contribution < 1.29 is 0 Å². The number of hydrogen-bond donors (Lipinski definition) is 2. The van der Waals surface area contributed by atoms with E-state index >= 15 is 0 Å². The van der Waals surface area contributed by atoms with Gasteiger partial charge in [0.1, 0.15) is 4.99 Å². The number of hydrogen-bond acceptors (Lipinski definition) is 3. The summed E-state index contributed by atoms with van der Waals surface area (Å²) in [7, 11) is 4.04.